The molecule has 0 saturated carbocycles. The van der Waals surface area contributed by atoms with E-state index in [2.05, 4.69) is 20.0 Å². The summed E-state index contributed by atoms with van der Waals surface area (Å²) >= 11 is 0. The first-order valence-corrected chi connectivity index (χ1v) is 13.5. The van der Waals surface area contributed by atoms with Gasteiger partial charge in [0.05, 0.1) is 11.3 Å². The van der Waals surface area contributed by atoms with Gasteiger partial charge in [0, 0.05) is 35.6 Å². The van der Waals surface area contributed by atoms with Gasteiger partial charge in [-0.05, 0) is 78.9 Å². The van der Waals surface area contributed by atoms with E-state index in [-0.39, 0.29) is 24.0 Å². The van der Waals surface area contributed by atoms with Crippen LogP contribution in [0, 0.1) is 5.82 Å². The molecule has 0 spiro atoms. The van der Waals surface area contributed by atoms with Crippen LogP contribution in [0.25, 0.3) is 22.3 Å². The van der Waals surface area contributed by atoms with Crippen molar-refractivity contribution < 1.29 is 31.9 Å². The molecule has 5 rings (SSSR count). The zero-order valence-corrected chi connectivity index (χ0v) is 22.7. The first kappa shape index (κ1) is 29.1. The molecule has 4 N–H and O–H groups in total. The highest BCUT2D eigenvalue weighted by Crippen LogP contribution is 2.35. The molecular weight excluding hydrogens is 554 g/mol. The minimum absolute atomic E-state index is 0.186. The third kappa shape index (κ3) is 6.08. The van der Waals surface area contributed by atoms with Gasteiger partial charge >= 0.3 is 12.1 Å². The number of fused-ring (bicyclic) bond motifs is 1. The number of amides is 1. The minimum atomic E-state index is -5.03. The summed E-state index contributed by atoms with van der Waals surface area (Å²) in [7, 11) is 0. The van der Waals surface area contributed by atoms with E-state index in [0.717, 1.165) is 28.8 Å². The highest BCUT2D eigenvalue weighted by Gasteiger charge is 2.41. The first-order valence-electron chi connectivity index (χ1n) is 13.5. The number of anilines is 2. The quantitative estimate of drug-likeness (QED) is 0.169. The van der Waals surface area contributed by atoms with Crippen molar-refractivity contribution in [2.45, 2.75) is 44.9 Å². The fourth-order valence-corrected chi connectivity index (χ4v) is 5.40. The number of carbonyl (C=O) groups excluding carboxylic acids is 2. The van der Waals surface area contributed by atoms with Gasteiger partial charge < -0.3 is 20.8 Å². The molecule has 3 heterocycles. The highest BCUT2D eigenvalue weighted by molar-refractivity contribution is 6.08. The lowest BCUT2D eigenvalue weighted by molar-refractivity contribution is -0.200. The number of benzene rings is 2. The van der Waals surface area contributed by atoms with Crippen molar-refractivity contribution in [2.24, 2.45) is 5.73 Å². The fraction of sp³-hybridized carbons (Fsp3) is 0.300. The number of pyridine rings is 1. The molecule has 2 aromatic carbocycles. The van der Waals surface area contributed by atoms with Crippen molar-refractivity contribution >= 4 is 34.3 Å². The van der Waals surface area contributed by atoms with Gasteiger partial charge in [-0.2, -0.15) is 13.2 Å². The van der Waals surface area contributed by atoms with Crippen LogP contribution in [-0.2, 0) is 22.5 Å². The number of hydrogen-bond acceptors (Lipinski definition) is 6. The van der Waals surface area contributed by atoms with E-state index in [1.807, 2.05) is 36.1 Å². The van der Waals surface area contributed by atoms with Crippen molar-refractivity contribution in [3.63, 3.8) is 0 Å². The van der Waals surface area contributed by atoms with Crippen LogP contribution in [0.1, 0.15) is 41.3 Å². The van der Waals surface area contributed by atoms with Gasteiger partial charge in [0.2, 0.25) is 0 Å². The van der Waals surface area contributed by atoms with Crippen LogP contribution in [0.3, 0.4) is 0 Å². The smallest absolute Gasteiger partial charge is 0.457 e. The summed E-state index contributed by atoms with van der Waals surface area (Å²) in [4.78, 5) is 33.2. The number of rotatable bonds is 9. The van der Waals surface area contributed by atoms with E-state index in [0.29, 0.717) is 48.3 Å². The average Bonchev–Trinajstić information content (AvgIpc) is 3.59. The van der Waals surface area contributed by atoms with E-state index >= 15 is 0 Å². The molecule has 2 aromatic heterocycles. The van der Waals surface area contributed by atoms with Gasteiger partial charge in [-0.15, -0.1) is 0 Å². The lowest BCUT2D eigenvalue weighted by atomic mass is 10.0. The van der Waals surface area contributed by atoms with Crippen LogP contribution in [0.4, 0.5) is 28.9 Å². The lowest BCUT2D eigenvalue weighted by Crippen LogP contribution is -2.36. The molecule has 220 valence electrons. The molecule has 8 nitrogen and oxygen atoms in total. The monoisotopic (exact) mass is 583 g/mol. The molecular formula is C30H29F4N5O3. The number of carbonyl (C=O) groups is 2. The Morgan fingerprint density at radius 2 is 1.95 bits per heavy atom. The molecule has 1 fully saturated rings. The molecule has 0 aliphatic carbocycles. The van der Waals surface area contributed by atoms with Crippen molar-refractivity contribution in [1.29, 1.82) is 0 Å². The average molecular weight is 584 g/mol. The van der Waals surface area contributed by atoms with E-state index < -0.39 is 18.1 Å². The highest BCUT2D eigenvalue weighted by atomic mass is 19.4. The number of halogens is 4. The fourth-order valence-electron chi connectivity index (χ4n) is 5.40. The third-order valence-electron chi connectivity index (χ3n) is 7.48. The second kappa shape index (κ2) is 11.8. The molecule has 12 heteroatoms. The normalized spacial score (nSPS) is 15.7. The van der Waals surface area contributed by atoms with Crippen LogP contribution in [0.15, 0.2) is 54.7 Å². The number of nitrogens with two attached hydrogens (primary N) is 1. The summed E-state index contributed by atoms with van der Waals surface area (Å²) in [5.74, 6) is -3.21. The number of nitrogens with one attached hydrogen (secondary N) is 2. The molecule has 4 aromatic rings. The Labute approximate surface area is 238 Å². The minimum Gasteiger partial charge on any atom is -0.457 e. The van der Waals surface area contributed by atoms with Gasteiger partial charge in [-0.3, -0.25) is 9.69 Å². The van der Waals surface area contributed by atoms with Crippen LogP contribution < -0.4 is 11.1 Å². The molecule has 1 amide bonds. The number of hydrogen-bond donors (Lipinski definition) is 3. The maximum atomic E-state index is 13.5. The van der Waals surface area contributed by atoms with Crippen molar-refractivity contribution in [3.8, 4) is 11.3 Å². The number of likely N-dealkylation sites (tertiary alicyclic amines) is 1. The lowest BCUT2D eigenvalue weighted by Gasteiger charge is -2.26. The number of esters is 1. The molecule has 1 saturated heterocycles. The predicted molar refractivity (Wildman–Crippen MR) is 150 cm³/mol. The van der Waals surface area contributed by atoms with Gasteiger partial charge in [0.1, 0.15) is 18.1 Å². The maximum absolute atomic E-state index is 13.5. The predicted octanol–water partition coefficient (Wildman–Crippen LogP) is 5.84. The first-order chi connectivity index (χ1) is 20.0. The van der Waals surface area contributed by atoms with E-state index in [4.69, 9.17) is 5.73 Å². The number of aromatic amines is 1. The third-order valence-corrected chi connectivity index (χ3v) is 7.48. The Morgan fingerprint density at radius 3 is 2.64 bits per heavy atom. The largest absolute Gasteiger partial charge is 0.490 e. The number of primary amides is 1. The van der Waals surface area contributed by atoms with E-state index in [1.165, 1.54) is 18.3 Å². The summed E-state index contributed by atoms with van der Waals surface area (Å²) in [5, 5.41) is 4.00. The zero-order valence-electron chi connectivity index (χ0n) is 22.7. The topological polar surface area (TPSA) is 113 Å². The summed E-state index contributed by atoms with van der Waals surface area (Å²) in [5.41, 5.74) is 10.9. The summed E-state index contributed by atoms with van der Waals surface area (Å²) < 4.78 is 55.9. The second-order valence-electron chi connectivity index (χ2n) is 10.1. The van der Waals surface area contributed by atoms with E-state index in [1.54, 1.807) is 12.1 Å². The molecule has 42 heavy (non-hydrogen) atoms. The van der Waals surface area contributed by atoms with Gasteiger partial charge in [0.25, 0.3) is 5.91 Å². The molecule has 1 aliphatic rings. The van der Waals surface area contributed by atoms with Gasteiger partial charge in [0.15, 0.2) is 0 Å². The number of H-pyrrole nitrogens is 1. The Balaban J connectivity index is 1.44. The Morgan fingerprint density at radius 1 is 1.19 bits per heavy atom. The Kier molecular flexibility index (Phi) is 8.17. The molecule has 1 atom stereocenters. The van der Waals surface area contributed by atoms with E-state index in [9.17, 15) is 27.2 Å². The Hall–Kier alpha value is -4.45. The number of aromatic nitrogens is 2. The van der Waals surface area contributed by atoms with Crippen LogP contribution in [0.2, 0.25) is 0 Å². The standard InChI is InChI=1S/C30H29F4N5O3/c1-2-21-18(15-39-12-4-6-20(39)16-42-29(41)30(32,33)34)5-3-7-24(21)37-26-22-13-25(17-8-10-19(31)11-9-17)38-28(22)36-14-23(26)27(35)40/h3,5,7-11,13-14,20H,2,4,6,12,15-16H2,1H3,(H2,35,40)(H2,36,37,38)/t20-/m1/s1. The van der Waals surface area contributed by atoms with Crippen LogP contribution in [-0.4, -0.2) is 52.1 Å². The van der Waals surface area contributed by atoms with Gasteiger partial charge in [-0.1, -0.05) is 19.1 Å². The Bertz CT molecular complexity index is 1620. The SMILES string of the molecule is CCc1c(CN2CCC[C@@H]2COC(=O)C(F)(F)F)cccc1Nc1c(C(N)=O)cnc2[nH]c(-c3ccc(F)cc3)cc12. The van der Waals surface area contributed by atoms with Crippen molar-refractivity contribution in [1.82, 2.24) is 14.9 Å². The number of ether oxygens (including phenoxy) is 1. The van der Waals surface area contributed by atoms with Crippen molar-refractivity contribution in [2.75, 3.05) is 18.5 Å². The zero-order chi connectivity index (χ0) is 30.0. The summed E-state index contributed by atoms with van der Waals surface area (Å²) in [6.07, 6.45) is -1.63. The molecule has 0 bridgehead atoms. The second-order valence-corrected chi connectivity index (χ2v) is 10.1. The molecule has 0 radical (unpaired) electrons. The molecule has 0 unspecified atom stereocenters. The van der Waals surface area contributed by atoms with Gasteiger partial charge in [-0.25, -0.2) is 14.2 Å². The summed E-state index contributed by atoms with van der Waals surface area (Å²) in [6, 6.07) is 13.1. The number of nitrogens with zero attached hydrogens (tertiary/aromatic N) is 2. The van der Waals surface area contributed by atoms with Crippen LogP contribution in [0.5, 0.6) is 0 Å². The summed E-state index contributed by atoms with van der Waals surface area (Å²) in [6.45, 7) is 2.75. The molecule has 1 aliphatic heterocycles. The maximum Gasteiger partial charge on any atom is 0.490 e. The van der Waals surface area contributed by atoms with Crippen LogP contribution >= 0.6 is 0 Å². The van der Waals surface area contributed by atoms with Crippen molar-refractivity contribution in [3.05, 3.63) is 77.2 Å². The number of alkyl halides is 3.